The van der Waals surface area contributed by atoms with Gasteiger partial charge in [0.05, 0.1) is 22.4 Å². The second kappa shape index (κ2) is 8.19. The van der Waals surface area contributed by atoms with E-state index in [1.54, 1.807) is 12.1 Å². The molecule has 3 fully saturated rings. The molecule has 2 aromatic rings. The van der Waals surface area contributed by atoms with Gasteiger partial charge in [0.15, 0.2) is 5.78 Å². The van der Waals surface area contributed by atoms with E-state index < -0.39 is 41.9 Å². The number of imide groups is 1. The van der Waals surface area contributed by atoms with E-state index >= 15 is 0 Å². The molecule has 1 heterocycles. The van der Waals surface area contributed by atoms with Crippen LogP contribution in [-0.2, 0) is 9.59 Å². The van der Waals surface area contributed by atoms with Gasteiger partial charge in [-0.25, -0.2) is 5.01 Å². The van der Waals surface area contributed by atoms with Gasteiger partial charge in [0.2, 0.25) is 0 Å². The molecule has 0 radical (unpaired) electrons. The van der Waals surface area contributed by atoms with Crippen LogP contribution in [0.4, 0.5) is 0 Å². The SMILES string of the molecule is O=C(CN(C(=O)c1ccc(Cl)cc1Cl)N1C(=O)[C@@H]2[C@H]3C=C[C@@H]([C@@H]4C[C@@H]34)[C@@H]2C1=O)c1ccc(Cl)cc1. The molecule has 0 unspecified atom stereocenters. The zero-order valence-electron chi connectivity index (χ0n) is 18.2. The molecule has 6 atom stereocenters. The number of allylic oxidation sites excluding steroid dienone is 2. The van der Waals surface area contributed by atoms with Gasteiger partial charge >= 0.3 is 0 Å². The van der Waals surface area contributed by atoms with Gasteiger partial charge in [0.25, 0.3) is 17.7 Å². The van der Waals surface area contributed by atoms with Crippen molar-refractivity contribution < 1.29 is 19.2 Å². The largest absolute Gasteiger partial charge is 0.292 e. The van der Waals surface area contributed by atoms with E-state index in [0.29, 0.717) is 27.4 Å². The summed E-state index contributed by atoms with van der Waals surface area (Å²) in [6.07, 6.45) is 5.12. The third-order valence-electron chi connectivity index (χ3n) is 7.74. The quantitative estimate of drug-likeness (QED) is 0.312. The molecular formula is C26H19Cl3N2O4. The van der Waals surface area contributed by atoms with Crippen LogP contribution in [0.3, 0.4) is 0 Å². The highest BCUT2D eigenvalue weighted by molar-refractivity contribution is 6.36. The number of hydrogen-bond donors (Lipinski definition) is 0. The van der Waals surface area contributed by atoms with E-state index in [-0.39, 0.29) is 22.4 Å². The Balaban J connectivity index is 1.38. The summed E-state index contributed by atoms with van der Waals surface area (Å²) in [5.41, 5.74) is 0.341. The Bertz CT molecular complexity index is 1290. The molecule has 0 spiro atoms. The van der Waals surface area contributed by atoms with Crippen LogP contribution in [0, 0.1) is 35.5 Å². The summed E-state index contributed by atoms with van der Waals surface area (Å²) in [5.74, 6) is -2.27. The Hall–Kier alpha value is -2.67. The lowest BCUT2D eigenvalue weighted by Gasteiger charge is -2.37. The zero-order chi connectivity index (χ0) is 24.6. The van der Waals surface area contributed by atoms with E-state index in [0.717, 1.165) is 16.4 Å². The third-order valence-corrected chi connectivity index (χ3v) is 8.54. The third kappa shape index (κ3) is 3.53. The van der Waals surface area contributed by atoms with Crippen LogP contribution in [0.25, 0.3) is 0 Å². The number of Topliss-reactive ketones (excluding diaryl/α,β-unsaturated/α-hetero) is 1. The van der Waals surface area contributed by atoms with Gasteiger partial charge in [-0.05, 0) is 72.6 Å². The van der Waals surface area contributed by atoms with Gasteiger partial charge in [-0.3, -0.25) is 19.2 Å². The molecule has 9 heteroatoms. The number of carbonyl (C=O) groups excluding carboxylic acids is 4. The Morgan fingerprint density at radius 3 is 2.00 bits per heavy atom. The van der Waals surface area contributed by atoms with Gasteiger partial charge in [0, 0.05) is 15.6 Å². The fraction of sp³-hybridized carbons (Fsp3) is 0.308. The van der Waals surface area contributed by atoms with Crippen molar-refractivity contribution in [3.05, 3.63) is 80.8 Å². The smallest absolute Gasteiger partial charge is 0.274 e. The number of hydrazine groups is 1. The van der Waals surface area contributed by atoms with E-state index in [4.69, 9.17) is 34.8 Å². The van der Waals surface area contributed by atoms with Gasteiger partial charge in [0.1, 0.15) is 6.54 Å². The molecule has 1 saturated heterocycles. The van der Waals surface area contributed by atoms with Gasteiger partial charge in [-0.15, -0.1) is 0 Å². The Labute approximate surface area is 216 Å². The number of carbonyl (C=O) groups is 4. The molecule has 0 aromatic heterocycles. The highest BCUT2D eigenvalue weighted by atomic mass is 35.5. The summed E-state index contributed by atoms with van der Waals surface area (Å²) in [6, 6.07) is 10.5. The van der Waals surface area contributed by atoms with Crippen LogP contribution in [0.5, 0.6) is 0 Å². The topological polar surface area (TPSA) is 74.8 Å². The van der Waals surface area contributed by atoms with Crippen molar-refractivity contribution in [1.82, 2.24) is 10.0 Å². The lowest BCUT2D eigenvalue weighted by Crippen LogP contribution is -2.52. The van der Waals surface area contributed by atoms with Crippen LogP contribution in [0.2, 0.25) is 15.1 Å². The number of nitrogens with zero attached hydrogens (tertiary/aromatic N) is 2. The van der Waals surface area contributed by atoms with E-state index in [9.17, 15) is 19.2 Å². The first kappa shape index (κ1) is 22.8. The zero-order valence-corrected chi connectivity index (χ0v) is 20.5. The van der Waals surface area contributed by atoms with Crippen LogP contribution >= 0.6 is 34.8 Å². The summed E-state index contributed by atoms with van der Waals surface area (Å²) >= 11 is 18.2. The lowest BCUT2D eigenvalue weighted by atomic mass is 9.63. The molecule has 7 rings (SSSR count). The highest BCUT2D eigenvalue weighted by Gasteiger charge is 2.68. The Morgan fingerprint density at radius 2 is 1.43 bits per heavy atom. The van der Waals surface area contributed by atoms with Gasteiger partial charge < -0.3 is 0 Å². The summed E-state index contributed by atoms with van der Waals surface area (Å²) in [6.45, 7) is -0.508. The highest BCUT2D eigenvalue weighted by Crippen LogP contribution is 2.65. The van der Waals surface area contributed by atoms with Crippen LogP contribution in [0.15, 0.2) is 54.6 Å². The van der Waals surface area contributed by atoms with E-state index in [1.807, 2.05) is 0 Å². The molecule has 6 nitrogen and oxygen atoms in total. The van der Waals surface area contributed by atoms with Crippen LogP contribution in [0.1, 0.15) is 27.1 Å². The molecule has 4 aliphatic carbocycles. The molecule has 3 amide bonds. The van der Waals surface area contributed by atoms with Crippen molar-refractivity contribution in [3.8, 4) is 0 Å². The lowest BCUT2D eigenvalue weighted by molar-refractivity contribution is -0.154. The summed E-state index contributed by atoms with van der Waals surface area (Å²) in [4.78, 5) is 54.2. The van der Waals surface area contributed by atoms with E-state index in [2.05, 4.69) is 12.2 Å². The first-order valence-electron chi connectivity index (χ1n) is 11.4. The number of rotatable bonds is 5. The minimum atomic E-state index is -0.722. The van der Waals surface area contributed by atoms with Crippen LogP contribution in [-0.4, -0.2) is 40.1 Å². The Morgan fingerprint density at radius 1 is 0.857 bits per heavy atom. The number of benzene rings is 2. The predicted octanol–water partition coefficient (Wildman–Crippen LogP) is 4.94. The number of amides is 3. The molecule has 0 N–H and O–H groups in total. The maximum Gasteiger partial charge on any atom is 0.274 e. The van der Waals surface area contributed by atoms with Gasteiger partial charge in [-0.1, -0.05) is 47.0 Å². The maximum absolute atomic E-state index is 13.7. The van der Waals surface area contributed by atoms with E-state index in [1.165, 1.54) is 30.3 Å². The fourth-order valence-electron chi connectivity index (χ4n) is 6.08. The van der Waals surface area contributed by atoms with Crippen molar-refractivity contribution in [2.75, 3.05) is 6.54 Å². The van der Waals surface area contributed by atoms with Crippen molar-refractivity contribution in [2.24, 2.45) is 35.5 Å². The standard InChI is InChI=1S/C26H19Cl3N2O4/c27-13-3-1-12(2-4-13)21(32)11-30(24(33)17-6-5-14(28)9-20(17)29)31-25(34)22-15-7-8-16(19-10-18(15)19)23(22)26(31)35/h1-9,15-16,18-19,22-23H,10-11H2/t15-,16-,18-,19-,22-,23+/m0/s1. The van der Waals surface area contributed by atoms with Crippen molar-refractivity contribution in [1.29, 1.82) is 0 Å². The molecule has 5 aliphatic rings. The minimum absolute atomic E-state index is 0.0144. The average Bonchev–Trinajstić information content (AvgIpc) is 3.61. The van der Waals surface area contributed by atoms with Crippen molar-refractivity contribution >= 4 is 58.3 Å². The molecule has 178 valence electrons. The first-order chi connectivity index (χ1) is 16.8. The van der Waals surface area contributed by atoms with Crippen LogP contribution < -0.4 is 0 Å². The second-order valence-electron chi connectivity index (χ2n) is 9.56. The minimum Gasteiger partial charge on any atom is -0.292 e. The molecule has 35 heavy (non-hydrogen) atoms. The fourth-order valence-corrected chi connectivity index (χ4v) is 6.69. The molecule has 2 aromatic carbocycles. The average molecular weight is 530 g/mol. The van der Waals surface area contributed by atoms with Crippen molar-refractivity contribution in [3.63, 3.8) is 0 Å². The molecule has 2 bridgehead atoms. The molecule has 1 aliphatic heterocycles. The summed E-state index contributed by atoms with van der Waals surface area (Å²) < 4.78 is 0. The second-order valence-corrected chi connectivity index (χ2v) is 10.8. The number of halogens is 3. The molecular weight excluding hydrogens is 511 g/mol. The number of hydrogen-bond acceptors (Lipinski definition) is 4. The van der Waals surface area contributed by atoms with Gasteiger partial charge in [-0.2, -0.15) is 5.01 Å². The number of ketones is 1. The molecule has 2 saturated carbocycles. The Kier molecular flexibility index (Phi) is 5.33. The predicted molar refractivity (Wildman–Crippen MR) is 130 cm³/mol. The monoisotopic (exact) mass is 528 g/mol. The van der Waals surface area contributed by atoms with Crippen molar-refractivity contribution in [2.45, 2.75) is 6.42 Å². The summed E-state index contributed by atoms with van der Waals surface area (Å²) in [5, 5.41) is 2.69. The summed E-state index contributed by atoms with van der Waals surface area (Å²) in [7, 11) is 0. The first-order valence-corrected chi connectivity index (χ1v) is 12.5. The maximum atomic E-state index is 13.7. The normalized spacial score (nSPS) is 29.7.